The van der Waals surface area contributed by atoms with Gasteiger partial charge in [0.05, 0.1) is 18.8 Å². The molecule has 1 atom stereocenters. The van der Waals surface area contributed by atoms with Gasteiger partial charge in [-0.05, 0) is 32.9 Å². The summed E-state index contributed by atoms with van der Waals surface area (Å²) in [6.07, 6.45) is -0.396. The van der Waals surface area contributed by atoms with Gasteiger partial charge in [0.1, 0.15) is 11.9 Å². The van der Waals surface area contributed by atoms with Gasteiger partial charge in [-0.15, -0.1) is 0 Å². The number of morpholine rings is 1. The molecule has 1 saturated heterocycles. The molecule has 1 unspecified atom stereocenters. The third-order valence-corrected chi connectivity index (χ3v) is 3.57. The second-order valence-corrected chi connectivity index (χ2v) is 5.24. The van der Waals surface area contributed by atoms with Crippen LogP contribution < -0.4 is 4.74 Å². The third-order valence-electron chi connectivity index (χ3n) is 3.57. The maximum Gasteiger partial charge on any atom is 0.196 e. The molecule has 0 aromatic heterocycles. The highest BCUT2D eigenvalue weighted by Gasteiger charge is 2.29. The maximum absolute atomic E-state index is 12.6. The van der Waals surface area contributed by atoms with Crippen LogP contribution in [0.1, 0.15) is 31.1 Å². The van der Waals surface area contributed by atoms with E-state index >= 15 is 0 Å². The summed E-state index contributed by atoms with van der Waals surface area (Å²) < 4.78 is 11.2. The minimum absolute atomic E-state index is 0.0133. The normalized spacial score (nSPS) is 20.1. The molecule has 1 aromatic carbocycles. The largest absolute Gasteiger partial charge is 0.493 e. The first kappa shape index (κ1) is 15.0. The molecule has 0 aliphatic carbocycles. The first-order valence-corrected chi connectivity index (χ1v) is 7.25. The highest BCUT2D eigenvalue weighted by atomic mass is 16.5. The minimum atomic E-state index is -0.396. The molecular weight excluding hydrogens is 254 g/mol. The Morgan fingerprint density at radius 1 is 1.45 bits per heavy atom. The molecule has 4 nitrogen and oxygen atoms in total. The smallest absolute Gasteiger partial charge is 0.196 e. The molecule has 0 bridgehead atoms. The van der Waals surface area contributed by atoms with E-state index in [0.717, 1.165) is 6.54 Å². The summed E-state index contributed by atoms with van der Waals surface area (Å²) in [7, 11) is 0. The number of carbonyl (C=O) groups excluding carboxylic acids is 1. The Balaban J connectivity index is 2.14. The summed E-state index contributed by atoms with van der Waals surface area (Å²) in [6.45, 7) is 8.88. The van der Waals surface area contributed by atoms with Crippen LogP contribution in [0.2, 0.25) is 0 Å². The van der Waals surface area contributed by atoms with Crippen LogP contribution >= 0.6 is 0 Å². The molecule has 1 aromatic rings. The number of carbonyl (C=O) groups is 1. The van der Waals surface area contributed by atoms with Gasteiger partial charge in [-0.3, -0.25) is 9.69 Å². The Labute approximate surface area is 120 Å². The first-order chi connectivity index (χ1) is 9.63. The summed E-state index contributed by atoms with van der Waals surface area (Å²) in [6, 6.07) is 7.81. The summed E-state index contributed by atoms with van der Waals surface area (Å²) in [5.41, 5.74) is 0.616. The van der Waals surface area contributed by atoms with E-state index in [1.807, 2.05) is 31.2 Å². The fourth-order valence-electron chi connectivity index (χ4n) is 2.42. The Hall–Kier alpha value is -1.39. The van der Waals surface area contributed by atoms with E-state index in [2.05, 4.69) is 18.7 Å². The molecule has 0 saturated carbocycles. The Morgan fingerprint density at radius 3 is 2.90 bits per heavy atom. The topological polar surface area (TPSA) is 38.8 Å². The van der Waals surface area contributed by atoms with Gasteiger partial charge >= 0.3 is 0 Å². The van der Waals surface area contributed by atoms with Crippen LogP contribution in [0, 0.1) is 0 Å². The molecule has 2 rings (SSSR count). The van der Waals surface area contributed by atoms with Crippen LogP contribution in [0.3, 0.4) is 0 Å². The number of nitrogens with zero attached hydrogens (tertiary/aromatic N) is 1. The molecule has 110 valence electrons. The average Bonchev–Trinajstić information content (AvgIpc) is 2.47. The van der Waals surface area contributed by atoms with Crippen molar-refractivity contribution in [2.45, 2.75) is 32.9 Å². The van der Waals surface area contributed by atoms with Crippen molar-refractivity contribution in [2.75, 3.05) is 26.3 Å². The molecule has 1 heterocycles. The molecular formula is C16H23NO3. The molecule has 1 aliphatic heterocycles. The number of Topliss-reactive ketones (excluding diaryl/α,β-unsaturated/α-hetero) is 1. The second-order valence-electron chi connectivity index (χ2n) is 5.24. The number of ether oxygens (including phenoxy) is 2. The van der Waals surface area contributed by atoms with E-state index in [1.165, 1.54) is 0 Å². The van der Waals surface area contributed by atoms with Gasteiger partial charge in [0.2, 0.25) is 0 Å². The zero-order valence-corrected chi connectivity index (χ0v) is 12.5. The second kappa shape index (κ2) is 6.86. The van der Waals surface area contributed by atoms with Crippen LogP contribution in [-0.2, 0) is 4.74 Å². The monoisotopic (exact) mass is 277 g/mol. The van der Waals surface area contributed by atoms with E-state index < -0.39 is 6.10 Å². The number of rotatable bonds is 5. The van der Waals surface area contributed by atoms with Crippen molar-refractivity contribution < 1.29 is 14.3 Å². The van der Waals surface area contributed by atoms with Crippen molar-refractivity contribution in [1.82, 2.24) is 4.90 Å². The minimum Gasteiger partial charge on any atom is -0.493 e. The van der Waals surface area contributed by atoms with E-state index in [4.69, 9.17) is 9.47 Å². The zero-order chi connectivity index (χ0) is 14.5. The lowest BCUT2D eigenvalue weighted by molar-refractivity contribution is -0.0257. The molecule has 4 heteroatoms. The lowest BCUT2D eigenvalue weighted by atomic mass is 10.0. The fourth-order valence-corrected chi connectivity index (χ4v) is 2.42. The maximum atomic E-state index is 12.6. The molecule has 1 aliphatic rings. The molecule has 0 amide bonds. The lowest BCUT2D eigenvalue weighted by Gasteiger charge is -2.34. The van der Waals surface area contributed by atoms with Gasteiger partial charge in [-0.25, -0.2) is 0 Å². The number of para-hydroxylation sites is 1. The Kier molecular flexibility index (Phi) is 5.15. The molecule has 20 heavy (non-hydrogen) atoms. The summed E-state index contributed by atoms with van der Waals surface area (Å²) in [4.78, 5) is 14.9. The van der Waals surface area contributed by atoms with Crippen molar-refractivity contribution in [3.63, 3.8) is 0 Å². The third kappa shape index (κ3) is 3.38. The molecule has 0 N–H and O–H groups in total. The summed E-state index contributed by atoms with van der Waals surface area (Å²) in [5, 5.41) is 0. The SMILES string of the molecule is CCOc1ccccc1C(=O)C1CN(C(C)C)CCO1. The van der Waals surface area contributed by atoms with Gasteiger partial charge in [-0.1, -0.05) is 12.1 Å². The van der Waals surface area contributed by atoms with Crippen molar-refractivity contribution in [2.24, 2.45) is 0 Å². The lowest BCUT2D eigenvalue weighted by Crippen LogP contribution is -2.48. The number of ketones is 1. The van der Waals surface area contributed by atoms with E-state index in [9.17, 15) is 4.79 Å². The number of hydrogen-bond donors (Lipinski definition) is 0. The first-order valence-electron chi connectivity index (χ1n) is 7.25. The summed E-state index contributed by atoms with van der Waals surface area (Å²) in [5.74, 6) is 0.657. The van der Waals surface area contributed by atoms with Gasteiger partial charge in [0.15, 0.2) is 5.78 Å². The predicted octanol–water partition coefficient (Wildman–Crippen LogP) is 2.38. The quantitative estimate of drug-likeness (QED) is 0.775. The fraction of sp³-hybridized carbons (Fsp3) is 0.562. The van der Waals surface area contributed by atoms with Crippen LogP contribution in [0.15, 0.2) is 24.3 Å². The standard InChI is InChI=1S/C16H23NO3/c1-4-19-14-8-6-5-7-13(14)16(18)15-11-17(12(2)3)9-10-20-15/h5-8,12,15H,4,9-11H2,1-3H3. The van der Waals surface area contributed by atoms with Crippen molar-refractivity contribution >= 4 is 5.78 Å². The molecule has 0 spiro atoms. The van der Waals surface area contributed by atoms with Crippen molar-refractivity contribution in [1.29, 1.82) is 0 Å². The van der Waals surface area contributed by atoms with Crippen LogP contribution in [0.4, 0.5) is 0 Å². The summed E-state index contributed by atoms with van der Waals surface area (Å²) >= 11 is 0. The number of benzene rings is 1. The average molecular weight is 277 g/mol. The predicted molar refractivity (Wildman–Crippen MR) is 78.4 cm³/mol. The van der Waals surface area contributed by atoms with Gasteiger partial charge in [0.25, 0.3) is 0 Å². The highest BCUT2D eigenvalue weighted by molar-refractivity contribution is 6.02. The van der Waals surface area contributed by atoms with Gasteiger partial charge in [0, 0.05) is 19.1 Å². The van der Waals surface area contributed by atoms with Crippen LogP contribution in [0.5, 0.6) is 5.75 Å². The van der Waals surface area contributed by atoms with Crippen LogP contribution in [0.25, 0.3) is 0 Å². The van der Waals surface area contributed by atoms with E-state index in [0.29, 0.717) is 37.1 Å². The van der Waals surface area contributed by atoms with Crippen molar-refractivity contribution in [3.8, 4) is 5.75 Å². The Morgan fingerprint density at radius 2 is 2.20 bits per heavy atom. The number of hydrogen-bond acceptors (Lipinski definition) is 4. The van der Waals surface area contributed by atoms with Gasteiger partial charge in [-0.2, -0.15) is 0 Å². The van der Waals surface area contributed by atoms with E-state index in [-0.39, 0.29) is 5.78 Å². The molecule has 0 radical (unpaired) electrons. The highest BCUT2D eigenvalue weighted by Crippen LogP contribution is 2.22. The van der Waals surface area contributed by atoms with Crippen molar-refractivity contribution in [3.05, 3.63) is 29.8 Å². The molecule has 1 fully saturated rings. The Bertz CT molecular complexity index is 459. The van der Waals surface area contributed by atoms with Crippen LogP contribution in [-0.4, -0.2) is 49.1 Å². The zero-order valence-electron chi connectivity index (χ0n) is 12.5. The van der Waals surface area contributed by atoms with Gasteiger partial charge < -0.3 is 9.47 Å². The van der Waals surface area contributed by atoms with E-state index in [1.54, 1.807) is 0 Å².